The number of benzene rings is 1. The molecule has 1 aromatic carbocycles. The average Bonchev–Trinajstić information content (AvgIpc) is 2.97. The van der Waals surface area contributed by atoms with Crippen LogP contribution in [0, 0.1) is 0 Å². The van der Waals surface area contributed by atoms with E-state index in [0.29, 0.717) is 11.5 Å². The molecule has 0 saturated carbocycles. The van der Waals surface area contributed by atoms with Crippen molar-refractivity contribution >= 4 is 23.5 Å². The molecule has 130 valence electrons. The lowest BCUT2D eigenvalue weighted by Gasteiger charge is -2.18. The Bertz CT molecular complexity index is 808. The van der Waals surface area contributed by atoms with Crippen LogP contribution in [0.4, 0.5) is 5.69 Å². The Hall–Kier alpha value is -3.42. The Balaban J connectivity index is 2.29. The molecular weight excluding hydrogens is 324 g/mol. The quantitative estimate of drug-likeness (QED) is 0.683. The molecule has 1 unspecified atom stereocenters. The number of rotatable bonds is 6. The summed E-state index contributed by atoms with van der Waals surface area (Å²) in [5.41, 5.74) is 1.37. The summed E-state index contributed by atoms with van der Waals surface area (Å²) >= 11 is 0. The van der Waals surface area contributed by atoms with E-state index in [-0.39, 0.29) is 5.91 Å². The number of carboxylic acids is 1. The molecule has 2 amide bonds. The van der Waals surface area contributed by atoms with Gasteiger partial charge < -0.3 is 20.3 Å². The molecule has 8 nitrogen and oxygen atoms in total. The second-order valence-corrected chi connectivity index (χ2v) is 5.31. The lowest BCUT2D eigenvalue weighted by Crippen LogP contribution is -2.29. The first kappa shape index (κ1) is 17.9. The van der Waals surface area contributed by atoms with Gasteiger partial charge in [0, 0.05) is 44.2 Å². The van der Waals surface area contributed by atoms with Crippen molar-refractivity contribution in [2.75, 3.05) is 5.32 Å². The van der Waals surface area contributed by atoms with E-state index < -0.39 is 17.9 Å². The van der Waals surface area contributed by atoms with Crippen LogP contribution >= 0.6 is 0 Å². The Kier molecular flexibility index (Phi) is 5.67. The molecule has 0 fully saturated rings. The van der Waals surface area contributed by atoms with Crippen molar-refractivity contribution in [3.8, 4) is 0 Å². The van der Waals surface area contributed by atoms with Gasteiger partial charge in [0.05, 0.1) is 0 Å². The number of nitrogens with one attached hydrogen (secondary N) is 2. The fourth-order valence-corrected chi connectivity index (χ4v) is 2.25. The molecule has 0 saturated heterocycles. The number of aromatic nitrogens is 2. The van der Waals surface area contributed by atoms with Gasteiger partial charge in [-0.15, -0.1) is 0 Å². The smallest absolute Gasteiger partial charge is 0.328 e. The van der Waals surface area contributed by atoms with Gasteiger partial charge >= 0.3 is 5.97 Å². The third kappa shape index (κ3) is 5.03. The van der Waals surface area contributed by atoms with Gasteiger partial charge in [0.2, 0.25) is 11.8 Å². The number of anilines is 1. The number of carboxylic acid groups (broad SMARTS) is 1. The van der Waals surface area contributed by atoms with Gasteiger partial charge in [0.15, 0.2) is 0 Å². The maximum Gasteiger partial charge on any atom is 0.328 e. The molecule has 0 aliphatic rings. The zero-order valence-electron chi connectivity index (χ0n) is 13.8. The van der Waals surface area contributed by atoms with Crippen LogP contribution in [0.3, 0.4) is 0 Å². The summed E-state index contributed by atoms with van der Waals surface area (Å²) in [6.45, 7) is 1.42. The van der Waals surface area contributed by atoms with Crippen molar-refractivity contribution in [3.63, 3.8) is 0 Å². The Labute approximate surface area is 144 Å². The van der Waals surface area contributed by atoms with Crippen LogP contribution < -0.4 is 10.6 Å². The first-order chi connectivity index (χ1) is 11.9. The van der Waals surface area contributed by atoms with Gasteiger partial charge in [0.25, 0.3) is 0 Å². The summed E-state index contributed by atoms with van der Waals surface area (Å²) in [6.07, 6.45) is 5.06. The number of aryl methyl sites for hydroxylation is 1. The van der Waals surface area contributed by atoms with Crippen molar-refractivity contribution in [3.05, 3.63) is 60.2 Å². The van der Waals surface area contributed by atoms with Gasteiger partial charge in [-0.2, -0.15) is 0 Å². The molecule has 0 bridgehead atoms. The molecule has 0 radical (unpaired) electrons. The van der Waals surface area contributed by atoms with E-state index in [1.54, 1.807) is 48.3 Å². The number of amides is 2. The highest BCUT2D eigenvalue weighted by Crippen LogP contribution is 2.22. The molecule has 1 aromatic heterocycles. The summed E-state index contributed by atoms with van der Waals surface area (Å²) in [5, 5.41) is 14.0. The predicted octanol–water partition coefficient (Wildman–Crippen LogP) is 1.22. The first-order valence-corrected chi connectivity index (χ1v) is 7.43. The van der Waals surface area contributed by atoms with Gasteiger partial charge in [-0.25, -0.2) is 9.78 Å². The van der Waals surface area contributed by atoms with E-state index in [0.717, 1.165) is 17.7 Å². The minimum Gasteiger partial charge on any atom is -0.478 e. The molecule has 1 heterocycles. The Morgan fingerprint density at radius 1 is 1.20 bits per heavy atom. The predicted molar refractivity (Wildman–Crippen MR) is 90.7 cm³/mol. The highest BCUT2D eigenvalue weighted by molar-refractivity contribution is 5.94. The van der Waals surface area contributed by atoms with Crippen LogP contribution in [0.2, 0.25) is 0 Å². The van der Waals surface area contributed by atoms with Crippen molar-refractivity contribution < 1.29 is 19.5 Å². The minimum atomic E-state index is -1.21. The largest absolute Gasteiger partial charge is 0.478 e. The summed E-state index contributed by atoms with van der Waals surface area (Å²) in [5.74, 6) is -1.35. The van der Waals surface area contributed by atoms with Crippen LogP contribution in [-0.4, -0.2) is 32.4 Å². The van der Waals surface area contributed by atoms with Crippen LogP contribution in [-0.2, 0) is 21.4 Å². The normalized spacial score (nSPS) is 11.9. The van der Waals surface area contributed by atoms with Crippen molar-refractivity contribution in [1.29, 1.82) is 0 Å². The van der Waals surface area contributed by atoms with Crippen LogP contribution in [0.25, 0.3) is 0 Å². The molecule has 2 aromatic rings. The minimum absolute atomic E-state index is 0.180. The van der Waals surface area contributed by atoms with Crippen LogP contribution in [0.15, 0.2) is 48.8 Å². The fourth-order valence-electron chi connectivity index (χ4n) is 2.25. The standard InChI is InChI=1S/C17H18N4O4/c1-11(22)19-13-5-3-12(4-6-13)16(17-18-9-10-21(17)2)20-14(23)7-8-15(24)25/h3-10,16H,1-2H3,(H,19,22)(H,20,23)(H,24,25)/b8-7-. The molecule has 3 N–H and O–H groups in total. The number of carbonyl (C=O) groups excluding carboxylic acids is 2. The Morgan fingerprint density at radius 2 is 1.88 bits per heavy atom. The zero-order valence-corrected chi connectivity index (χ0v) is 13.8. The topological polar surface area (TPSA) is 113 Å². The summed E-state index contributed by atoms with van der Waals surface area (Å²) in [4.78, 5) is 37.9. The van der Waals surface area contributed by atoms with E-state index in [1.807, 2.05) is 0 Å². The van der Waals surface area contributed by atoms with Gasteiger partial charge in [0.1, 0.15) is 11.9 Å². The lowest BCUT2D eigenvalue weighted by atomic mass is 10.1. The maximum absolute atomic E-state index is 12.0. The van der Waals surface area contributed by atoms with E-state index in [4.69, 9.17) is 5.11 Å². The third-order valence-electron chi connectivity index (χ3n) is 3.34. The first-order valence-electron chi connectivity index (χ1n) is 7.43. The number of hydrogen-bond donors (Lipinski definition) is 3. The van der Waals surface area contributed by atoms with Gasteiger partial charge in [-0.05, 0) is 17.7 Å². The Morgan fingerprint density at radius 3 is 2.40 bits per heavy atom. The molecule has 2 rings (SSSR count). The number of carbonyl (C=O) groups is 3. The average molecular weight is 342 g/mol. The molecule has 25 heavy (non-hydrogen) atoms. The summed E-state index contributed by atoms with van der Waals surface area (Å²) in [7, 11) is 1.79. The number of aliphatic carboxylic acids is 1. The molecule has 0 aliphatic carbocycles. The SMILES string of the molecule is CC(=O)Nc1ccc(C(NC(=O)/C=C\C(=O)O)c2nccn2C)cc1. The fraction of sp³-hybridized carbons (Fsp3) is 0.176. The zero-order chi connectivity index (χ0) is 18.4. The summed E-state index contributed by atoms with van der Waals surface area (Å²) in [6, 6.07) is 6.37. The van der Waals surface area contributed by atoms with Gasteiger partial charge in [-0.3, -0.25) is 9.59 Å². The highest BCUT2D eigenvalue weighted by Gasteiger charge is 2.20. The second-order valence-electron chi connectivity index (χ2n) is 5.31. The number of nitrogens with zero attached hydrogens (tertiary/aromatic N) is 2. The highest BCUT2D eigenvalue weighted by atomic mass is 16.4. The molecule has 0 aliphatic heterocycles. The number of hydrogen-bond acceptors (Lipinski definition) is 4. The monoisotopic (exact) mass is 342 g/mol. The van der Waals surface area contributed by atoms with E-state index >= 15 is 0 Å². The maximum atomic E-state index is 12.0. The molecule has 1 atom stereocenters. The second kappa shape index (κ2) is 7.91. The van der Waals surface area contributed by atoms with E-state index in [9.17, 15) is 14.4 Å². The van der Waals surface area contributed by atoms with E-state index in [1.165, 1.54) is 6.92 Å². The third-order valence-corrected chi connectivity index (χ3v) is 3.34. The summed E-state index contributed by atoms with van der Waals surface area (Å²) < 4.78 is 1.76. The molecule has 0 spiro atoms. The molecule has 8 heteroatoms. The van der Waals surface area contributed by atoms with Crippen LogP contribution in [0.1, 0.15) is 24.4 Å². The van der Waals surface area contributed by atoms with Crippen molar-refractivity contribution in [2.45, 2.75) is 13.0 Å². The van der Waals surface area contributed by atoms with Crippen molar-refractivity contribution in [1.82, 2.24) is 14.9 Å². The van der Waals surface area contributed by atoms with Gasteiger partial charge in [-0.1, -0.05) is 12.1 Å². The number of imidazole rings is 1. The van der Waals surface area contributed by atoms with E-state index in [2.05, 4.69) is 15.6 Å². The lowest BCUT2D eigenvalue weighted by molar-refractivity contribution is -0.131. The molecular formula is C17H18N4O4. The van der Waals surface area contributed by atoms with Crippen LogP contribution in [0.5, 0.6) is 0 Å². The van der Waals surface area contributed by atoms with Crippen molar-refractivity contribution in [2.24, 2.45) is 7.05 Å².